The lowest BCUT2D eigenvalue weighted by Crippen LogP contribution is -2.43. The zero-order chi connectivity index (χ0) is 20.6. The van der Waals surface area contributed by atoms with Crippen LogP contribution in [0.25, 0.3) is 11.0 Å². The van der Waals surface area contributed by atoms with Crippen LogP contribution >= 0.6 is 11.3 Å². The van der Waals surface area contributed by atoms with Gasteiger partial charge < -0.3 is 5.32 Å². The predicted octanol–water partition coefficient (Wildman–Crippen LogP) is 3.11. The molecule has 1 atom stereocenters. The van der Waals surface area contributed by atoms with E-state index in [1.54, 1.807) is 29.9 Å². The van der Waals surface area contributed by atoms with Gasteiger partial charge in [0.25, 0.3) is 10.0 Å². The first kappa shape index (κ1) is 20.0. The number of aromatic nitrogens is 3. The maximum absolute atomic E-state index is 12.8. The quantitative estimate of drug-likeness (QED) is 0.667. The first-order valence-electron chi connectivity index (χ1n) is 9.54. The number of sulfonamides is 1. The number of piperidine rings is 1. The molecule has 0 aromatic carbocycles. The zero-order valence-electron chi connectivity index (χ0n) is 16.3. The minimum absolute atomic E-state index is 0.187. The second-order valence-corrected chi connectivity index (χ2v) is 10.6. The molecule has 4 heterocycles. The summed E-state index contributed by atoms with van der Waals surface area (Å²) in [5, 5.41) is 9.82. The Balaban J connectivity index is 1.48. The Bertz CT molecular complexity index is 1120. The summed E-state index contributed by atoms with van der Waals surface area (Å²) in [6.45, 7) is 4.69. The Kier molecular flexibility index (Phi) is 5.41. The van der Waals surface area contributed by atoms with Crippen LogP contribution < -0.4 is 5.32 Å². The second kappa shape index (κ2) is 7.85. The second-order valence-electron chi connectivity index (χ2n) is 7.44. The van der Waals surface area contributed by atoms with Gasteiger partial charge in [-0.1, -0.05) is 6.07 Å². The summed E-state index contributed by atoms with van der Waals surface area (Å²) in [4.78, 5) is 17.2. The third kappa shape index (κ3) is 3.92. The molecule has 1 N–H and O–H groups in total. The van der Waals surface area contributed by atoms with Crippen LogP contribution in [0.1, 0.15) is 32.7 Å². The lowest BCUT2D eigenvalue weighted by molar-refractivity contribution is -0.120. The number of hydrogen-bond donors (Lipinski definition) is 1. The highest BCUT2D eigenvalue weighted by Gasteiger charge is 2.33. The van der Waals surface area contributed by atoms with E-state index in [2.05, 4.69) is 15.4 Å². The van der Waals surface area contributed by atoms with E-state index in [0.717, 1.165) is 11.0 Å². The highest BCUT2D eigenvalue weighted by molar-refractivity contribution is 7.91. The van der Waals surface area contributed by atoms with E-state index in [1.807, 2.05) is 24.6 Å². The van der Waals surface area contributed by atoms with Gasteiger partial charge in [-0.2, -0.15) is 9.40 Å². The number of pyridine rings is 1. The molecule has 0 spiro atoms. The monoisotopic (exact) mass is 433 g/mol. The number of rotatable bonds is 5. The summed E-state index contributed by atoms with van der Waals surface area (Å²) in [5.74, 6) is -0.582. The van der Waals surface area contributed by atoms with Crippen molar-refractivity contribution >= 4 is 44.0 Å². The summed E-state index contributed by atoms with van der Waals surface area (Å²) in [7, 11) is -3.54. The maximum Gasteiger partial charge on any atom is 0.252 e. The SMILES string of the molecule is CC(C)n1ncc2cc(NC(=O)[C@H]3CCCN(S(=O)(=O)c4cccs4)C3)cnc21. The zero-order valence-corrected chi connectivity index (χ0v) is 17.9. The molecule has 29 heavy (non-hydrogen) atoms. The number of amides is 1. The largest absolute Gasteiger partial charge is 0.324 e. The van der Waals surface area contributed by atoms with Crippen LogP contribution in [-0.2, 0) is 14.8 Å². The molecule has 0 aliphatic carbocycles. The van der Waals surface area contributed by atoms with E-state index in [9.17, 15) is 13.2 Å². The topological polar surface area (TPSA) is 97.2 Å². The van der Waals surface area contributed by atoms with Gasteiger partial charge in [0.1, 0.15) is 4.21 Å². The molecular weight excluding hydrogens is 410 g/mol. The van der Waals surface area contributed by atoms with Crippen LogP contribution in [-0.4, -0.2) is 46.5 Å². The van der Waals surface area contributed by atoms with Crippen LogP contribution in [0.5, 0.6) is 0 Å². The summed E-state index contributed by atoms with van der Waals surface area (Å²) in [6, 6.07) is 5.35. The van der Waals surface area contributed by atoms with Crippen molar-refractivity contribution in [3.05, 3.63) is 36.0 Å². The average molecular weight is 434 g/mol. The third-order valence-corrected chi connectivity index (χ3v) is 8.27. The molecule has 4 rings (SSSR count). The Morgan fingerprint density at radius 1 is 1.34 bits per heavy atom. The molecule has 1 aliphatic rings. The predicted molar refractivity (Wildman–Crippen MR) is 112 cm³/mol. The van der Waals surface area contributed by atoms with Gasteiger partial charge >= 0.3 is 0 Å². The third-order valence-electron chi connectivity index (χ3n) is 5.03. The summed E-state index contributed by atoms with van der Waals surface area (Å²) >= 11 is 1.19. The van der Waals surface area contributed by atoms with E-state index >= 15 is 0 Å². The molecule has 0 bridgehead atoms. The molecule has 10 heteroatoms. The van der Waals surface area contributed by atoms with Gasteiger partial charge in [0, 0.05) is 24.5 Å². The van der Waals surface area contributed by atoms with Crippen molar-refractivity contribution in [1.82, 2.24) is 19.1 Å². The van der Waals surface area contributed by atoms with Crippen molar-refractivity contribution in [3.63, 3.8) is 0 Å². The maximum atomic E-state index is 12.8. The van der Waals surface area contributed by atoms with E-state index in [1.165, 1.54) is 15.6 Å². The number of hydrogen-bond acceptors (Lipinski definition) is 6. The molecule has 1 amide bonds. The number of thiophene rings is 1. The number of carbonyl (C=O) groups is 1. The van der Waals surface area contributed by atoms with Crippen molar-refractivity contribution in [2.24, 2.45) is 5.92 Å². The van der Waals surface area contributed by atoms with E-state index in [0.29, 0.717) is 29.3 Å². The number of anilines is 1. The normalized spacial score (nSPS) is 18.4. The van der Waals surface area contributed by atoms with Crippen molar-refractivity contribution < 1.29 is 13.2 Å². The van der Waals surface area contributed by atoms with Gasteiger partial charge in [0.2, 0.25) is 5.91 Å². The number of nitrogens with zero attached hydrogens (tertiary/aromatic N) is 4. The van der Waals surface area contributed by atoms with Gasteiger partial charge in [-0.25, -0.2) is 18.1 Å². The van der Waals surface area contributed by atoms with Crippen molar-refractivity contribution in [1.29, 1.82) is 0 Å². The molecule has 0 radical (unpaired) electrons. The minimum Gasteiger partial charge on any atom is -0.324 e. The number of carbonyl (C=O) groups excluding carboxylic acids is 1. The van der Waals surface area contributed by atoms with E-state index < -0.39 is 15.9 Å². The standard InChI is InChI=1S/C19H23N5O3S2/c1-13(2)24-18-15(10-21-24)9-16(11-20-18)22-19(25)14-5-3-7-23(12-14)29(26,27)17-6-4-8-28-17/h4,6,8-11,13-14H,3,5,7,12H2,1-2H3,(H,22,25)/t14-/m0/s1. The van der Waals surface area contributed by atoms with Crippen LogP contribution in [0, 0.1) is 5.92 Å². The number of nitrogens with one attached hydrogen (secondary N) is 1. The minimum atomic E-state index is -3.54. The van der Waals surface area contributed by atoms with Crippen LogP contribution in [0.2, 0.25) is 0 Å². The molecule has 8 nitrogen and oxygen atoms in total. The van der Waals surface area contributed by atoms with Crippen molar-refractivity contribution in [2.45, 2.75) is 36.9 Å². The molecule has 0 unspecified atom stereocenters. The Labute approximate surface area is 173 Å². The van der Waals surface area contributed by atoms with Gasteiger partial charge in [0.05, 0.1) is 24.0 Å². The fourth-order valence-corrected chi connectivity index (χ4v) is 6.21. The molecule has 3 aromatic heterocycles. The van der Waals surface area contributed by atoms with Crippen molar-refractivity contribution in [2.75, 3.05) is 18.4 Å². The van der Waals surface area contributed by atoms with Crippen LogP contribution in [0.4, 0.5) is 5.69 Å². The highest BCUT2D eigenvalue weighted by Crippen LogP contribution is 2.27. The fraction of sp³-hybridized carbons (Fsp3) is 0.421. The van der Waals surface area contributed by atoms with Gasteiger partial charge in [0.15, 0.2) is 5.65 Å². The molecule has 1 fully saturated rings. The van der Waals surface area contributed by atoms with E-state index in [4.69, 9.17) is 0 Å². The van der Waals surface area contributed by atoms with Crippen LogP contribution in [0.3, 0.4) is 0 Å². The molecule has 1 aliphatic heterocycles. The number of fused-ring (bicyclic) bond motifs is 1. The molecule has 1 saturated heterocycles. The van der Waals surface area contributed by atoms with Gasteiger partial charge in [-0.3, -0.25) is 4.79 Å². The van der Waals surface area contributed by atoms with Gasteiger partial charge in [-0.15, -0.1) is 11.3 Å². The highest BCUT2D eigenvalue weighted by atomic mass is 32.2. The summed E-state index contributed by atoms with van der Waals surface area (Å²) in [5.41, 5.74) is 1.35. The Hall–Kier alpha value is -2.30. The Morgan fingerprint density at radius 2 is 2.17 bits per heavy atom. The first-order valence-corrected chi connectivity index (χ1v) is 11.9. The van der Waals surface area contributed by atoms with Crippen molar-refractivity contribution in [3.8, 4) is 0 Å². The smallest absolute Gasteiger partial charge is 0.252 e. The first-order chi connectivity index (χ1) is 13.9. The molecule has 3 aromatic rings. The lowest BCUT2D eigenvalue weighted by atomic mass is 9.99. The summed E-state index contributed by atoms with van der Waals surface area (Å²) < 4.78 is 29.1. The fourth-order valence-electron chi connectivity index (χ4n) is 3.54. The van der Waals surface area contributed by atoms with Crippen LogP contribution in [0.15, 0.2) is 40.2 Å². The van der Waals surface area contributed by atoms with E-state index in [-0.39, 0.29) is 18.5 Å². The Morgan fingerprint density at radius 3 is 2.90 bits per heavy atom. The summed E-state index contributed by atoms with van der Waals surface area (Å²) in [6.07, 6.45) is 4.65. The molecule has 154 valence electrons. The molecular formula is C19H23N5O3S2. The average Bonchev–Trinajstić information content (AvgIpc) is 3.38. The lowest BCUT2D eigenvalue weighted by Gasteiger charge is -2.30. The van der Waals surface area contributed by atoms with Gasteiger partial charge in [-0.05, 0) is 44.2 Å². The molecule has 0 saturated carbocycles.